The van der Waals surface area contributed by atoms with E-state index in [1.165, 1.54) is 5.56 Å². The smallest absolute Gasteiger partial charge is 0.193 e. The Morgan fingerprint density at radius 1 is 1.15 bits per heavy atom. The van der Waals surface area contributed by atoms with Crippen LogP contribution in [0.25, 0.3) is 0 Å². The van der Waals surface area contributed by atoms with Crippen molar-refractivity contribution in [2.75, 3.05) is 12.4 Å². The van der Waals surface area contributed by atoms with Gasteiger partial charge in [-0.3, -0.25) is 0 Å². The van der Waals surface area contributed by atoms with Crippen LogP contribution in [0.1, 0.15) is 11.1 Å². The zero-order valence-electron chi connectivity index (χ0n) is 11.8. The fraction of sp³-hybridized carbons (Fsp3) is 0.188. The molecule has 104 valence electrons. The van der Waals surface area contributed by atoms with Crippen LogP contribution in [-0.2, 0) is 6.54 Å². The molecular formula is C16H19N3O. The maximum Gasteiger partial charge on any atom is 0.193 e. The van der Waals surface area contributed by atoms with Gasteiger partial charge in [0.15, 0.2) is 5.96 Å². The highest BCUT2D eigenvalue weighted by atomic mass is 16.5. The van der Waals surface area contributed by atoms with Crippen molar-refractivity contribution >= 4 is 11.6 Å². The first-order chi connectivity index (χ1) is 9.70. The first kappa shape index (κ1) is 13.9. The monoisotopic (exact) mass is 269 g/mol. The van der Waals surface area contributed by atoms with E-state index >= 15 is 0 Å². The second-order valence-electron chi connectivity index (χ2n) is 4.45. The minimum Gasteiger partial charge on any atom is -0.495 e. The molecular weight excluding hydrogens is 250 g/mol. The van der Waals surface area contributed by atoms with Crippen molar-refractivity contribution in [2.24, 2.45) is 10.7 Å². The zero-order chi connectivity index (χ0) is 14.4. The number of aryl methyl sites for hydroxylation is 1. The number of anilines is 1. The van der Waals surface area contributed by atoms with E-state index in [-0.39, 0.29) is 0 Å². The third kappa shape index (κ3) is 3.51. The maximum absolute atomic E-state index is 5.91. The molecule has 2 rings (SSSR count). The Balaban J connectivity index is 2.06. The molecule has 0 amide bonds. The molecule has 0 radical (unpaired) electrons. The third-order valence-corrected chi connectivity index (χ3v) is 3.05. The Kier molecular flexibility index (Phi) is 4.60. The van der Waals surface area contributed by atoms with E-state index in [9.17, 15) is 0 Å². The molecule has 3 N–H and O–H groups in total. The largest absolute Gasteiger partial charge is 0.495 e. The zero-order valence-corrected chi connectivity index (χ0v) is 11.8. The van der Waals surface area contributed by atoms with Crippen LogP contribution in [0.2, 0.25) is 0 Å². The van der Waals surface area contributed by atoms with E-state index in [1.54, 1.807) is 7.11 Å². The van der Waals surface area contributed by atoms with Gasteiger partial charge < -0.3 is 15.8 Å². The number of para-hydroxylation sites is 2. The molecule has 0 spiro atoms. The van der Waals surface area contributed by atoms with Crippen LogP contribution in [0.3, 0.4) is 0 Å². The summed E-state index contributed by atoms with van der Waals surface area (Å²) in [6.45, 7) is 2.62. The topological polar surface area (TPSA) is 59.6 Å². The lowest BCUT2D eigenvalue weighted by molar-refractivity contribution is 0.417. The van der Waals surface area contributed by atoms with Gasteiger partial charge in [0.1, 0.15) is 5.75 Å². The summed E-state index contributed by atoms with van der Waals surface area (Å²) in [5, 5.41) is 3.05. The molecule has 0 aliphatic carbocycles. The summed E-state index contributed by atoms with van der Waals surface area (Å²) in [4.78, 5) is 4.35. The van der Waals surface area contributed by atoms with Gasteiger partial charge in [-0.1, -0.05) is 36.4 Å². The number of benzene rings is 2. The van der Waals surface area contributed by atoms with E-state index in [0.29, 0.717) is 12.5 Å². The normalized spacial score (nSPS) is 11.2. The SMILES string of the molecule is COc1ccccc1NC(N)=NCc1ccccc1C. The van der Waals surface area contributed by atoms with Gasteiger partial charge >= 0.3 is 0 Å². The van der Waals surface area contributed by atoms with Gasteiger partial charge in [0.25, 0.3) is 0 Å². The van der Waals surface area contributed by atoms with E-state index in [4.69, 9.17) is 10.5 Å². The van der Waals surface area contributed by atoms with Crippen LogP contribution >= 0.6 is 0 Å². The first-order valence-electron chi connectivity index (χ1n) is 6.45. The van der Waals surface area contributed by atoms with Gasteiger partial charge in [0.05, 0.1) is 19.3 Å². The van der Waals surface area contributed by atoms with E-state index < -0.39 is 0 Å². The lowest BCUT2D eigenvalue weighted by Crippen LogP contribution is -2.23. The summed E-state index contributed by atoms with van der Waals surface area (Å²) in [7, 11) is 1.63. The highest BCUT2D eigenvalue weighted by Crippen LogP contribution is 2.22. The molecule has 2 aromatic rings. The number of aliphatic imine (C=N–C) groups is 1. The van der Waals surface area contributed by atoms with Crippen LogP contribution in [-0.4, -0.2) is 13.1 Å². The van der Waals surface area contributed by atoms with Crippen molar-refractivity contribution in [3.63, 3.8) is 0 Å². The van der Waals surface area contributed by atoms with Crippen LogP contribution in [0.5, 0.6) is 5.75 Å². The predicted molar refractivity (Wildman–Crippen MR) is 83.1 cm³/mol. The van der Waals surface area contributed by atoms with E-state index in [1.807, 2.05) is 36.4 Å². The number of nitrogens with two attached hydrogens (primary N) is 1. The lowest BCUT2D eigenvalue weighted by Gasteiger charge is -2.10. The number of rotatable bonds is 4. The third-order valence-electron chi connectivity index (χ3n) is 3.05. The van der Waals surface area contributed by atoms with E-state index in [0.717, 1.165) is 17.0 Å². The van der Waals surface area contributed by atoms with Crippen LogP contribution in [0.4, 0.5) is 5.69 Å². The first-order valence-corrected chi connectivity index (χ1v) is 6.45. The predicted octanol–water partition coefficient (Wildman–Crippen LogP) is 2.93. The van der Waals surface area contributed by atoms with Crippen molar-refractivity contribution in [3.8, 4) is 5.75 Å². The van der Waals surface area contributed by atoms with Crippen molar-refractivity contribution in [2.45, 2.75) is 13.5 Å². The molecule has 0 saturated heterocycles. The van der Waals surface area contributed by atoms with Crippen molar-refractivity contribution in [1.29, 1.82) is 0 Å². The van der Waals surface area contributed by atoms with Crippen LogP contribution in [0.15, 0.2) is 53.5 Å². The molecule has 0 atom stereocenters. The second kappa shape index (κ2) is 6.61. The van der Waals surface area contributed by atoms with Gasteiger partial charge in [0, 0.05) is 0 Å². The van der Waals surface area contributed by atoms with Crippen molar-refractivity contribution in [1.82, 2.24) is 0 Å². The molecule has 0 fully saturated rings. The van der Waals surface area contributed by atoms with E-state index in [2.05, 4.69) is 29.4 Å². The Labute approximate surface area is 119 Å². The number of guanidine groups is 1. The molecule has 0 unspecified atom stereocenters. The molecule has 0 saturated carbocycles. The molecule has 0 bridgehead atoms. The Hall–Kier alpha value is -2.49. The molecule has 2 aromatic carbocycles. The summed E-state index contributed by atoms with van der Waals surface area (Å²) in [5.41, 5.74) is 9.09. The van der Waals surface area contributed by atoms with Gasteiger partial charge in [-0.05, 0) is 30.2 Å². The molecule has 4 nitrogen and oxygen atoms in total. The maximum atomic E-state index is 5.91. The number of ether oxygens (including phenoxy) is 1. The summed E-state index contributed by atoms with van der Waals surface area (Å²) in [5.74, 6) is 1.11. The molecule has 0 aliphatic rings. The molecule has 0 aromatic heterocycles. The molecule has 20 heavy (non-hydrogen) atoms. The number of hydrogen-bond acceptors (Lipinski definition) is 2. The Morgan fingerprint density at radius 3 is 2.60 bits per heavy atom. The standard InChI is InChI=1S/C16H19N3O/c1-12-7-3-4-8-13(12)11-18-16(17)19-14-9-5-6-10-15(14)20-2/h3-10H,11H2,1-2H3,(H3,17,18,19). The van der Waals surface area contributed by atoms with Crippen molar-refractivity contribution in [3.05, 3.63) is 59.7 Å². The van der Waals surface area contributed by atoms with Gasteiger partial charge in [-0.25, -0.2) is 4.99 Å². The van der Waals surface area contributed by atoms with Gasteiger partial charge in [-0.2, -0.15) is 0 Å². The van der Waals surface area contributed by atoms with Gasteiger partial charge in [-0.15, -0.1) is 0 Å². The summed E-state index contributed by atoms with van der Waals surface area (Å²) in [6.07, 6.45) is 0. The fourth-order valence-electron chi connectivity index (χ4n) is 1.88. The van der Waals surface area contributed by atoms with Crippen LogP contribution in [0, 0.1) is 6.92 Å². The lowest BCUT2D eigenvalue weighted by atomic mass is 10.1. The quantitative estimate of drug-likeness (QED) is 0.662. The minimum atomic E-state index is 0.373. The second-order valence-corrected chi connectivity index (χ2v) is 4.45. The molecule has 0 aliphatic heterocycles. The van der Waals surface area contributed by atoms with Crippen molar-refractivity contribution < 1.29 is 4.74 Å². The summed E-state index contributed by atoms with van der Waals surface area (Å²) in [6, 6.07) is 15.7. The highest BCUT2D eigenvalue weighted by molar-refractivity contribution is 5.93. The van der Waals surface area contributed by atoms with Gasteiger partial charge in [0.2, 0.25) is 0 Å². The minimum absolute atomic E-state index is 0.373. The molecule has 4 heteroatoms. The summed E-state index contributed by atoms with van der Waals surface area (Å²) < 4.78 is 5.26. The number of nitrogens with one attached hydrogen (secondary N) is 1. The fourth-order valence-corrected chi connectivity index (χ4v) is 1.88. The number of methoxy groups -OCH3 is 1. The number of hydrogen-bond donors (Lipinski definition) is 2. The van der Waals surface area contributed by atoms with Crippen LogP contribution < -0.4 is 15.8 Å². The average Bonchev–Trinajstić information content (AvgIpc) is 2.47. The molecule has 0 heterocycles. The Bertz CT molecular complexity index is 608. The number of nitrogens with zero attached hydrogens (tertiary/aromatic N) is 1. The highest BCUT2D eigenvalue weighted by Gasteiger charge is 2.02. The Morgan fingerprint density at radius 2 is 1.85 bits per heavy atom. The average molecular weight is 269 g/mol. The summed E-state index contributed by atoms with van der Waals surface area (Å²) >= 11 is 0.